The van der Waals surface area contributed by atoms with E-state index in [0.717, 1.165) is 46.0 Å². The molecule has 0 unspecified atom stereocenters. The Morgan fingerprint density at radius 2 is 1.41 bits per heavy atom. The first kappa shape index (κ1) is 20.8. The fourth-order valence-corrected chi connectivity index (χ4v) is 4.36. The van der Waals surface area contributed by atoms with Crippen LogP contribution in [0.3, 0.4) is 0 Å². The number of carbonyl (C=O) groups is 1. The Kier molecular flexibility index (Phi) is 5.73. The SMILES string of the molecule is O=C(c1cc(-c2ccc(Cl)cc2)nc2ccccc12)N1CCN(c2ccc(Cl)cc2)CC1. The summed E-state index contributed by atoms with van der Waals surface area (Å²) in [4.78, 5) is 22.6. The maximum absolute atomic E-state index is 13.6. The van der Waals surface area contributed by atoms with Gasteiger partial charge in [0.1, 0.15) is 0 Å². The standard InChI is InChI=1S/C26H21Cl2N3O/c27-19-7-5-18(6-8-19)25-17-23(22-3-1-2-4-24(22)29-25)26(32)31-15-13-30(14-16-31)21-11-9-20(28)10-12-21/h1-12,17H,13-16H2. The predicted molar refractivity (Wildman–Crippen MR) is 132 cm³/mol. The Morgan fingerprint density at radius 1 is 0.781 bits per heavy atom. The van der Waals surface area contributed by atoms with Crippen molar-refractivity contribution in [1.82, 2.24) is 9.88 Å². The Bertz CT molecular complexity index is 1260. The number of nitrogens with zero attached hydrogens (tertiary/aromatic N) is 3. The molecule has 6 heteroatoms. The van der Waals surface area contributed by atoms with Crippen molar-refractivity contribution in [3.8, 4) is 11.3 Å². The van der Waals surface area contributed by atoms with E-state index < -0.39 is 0 Å². The van der Waals surface area contributed by atoms with Gasteiger partial charge < -0.3 is 9.80 Å². The van der Waals surface area contributed by atoms with Gasteiger partial charge in [0.05, 0.1) is 16.8 Å². The van der Waals surface area contributed by atoms with Crippen LogP contribution in [0, 0.1) is 0 Å². The first-order valence-corrected chi connectivity index (χ1v) is 11.3. The first-order valence-electron chi connectivity index (χ1n) is 10.5. The molecule has 3 aromatic carbocycles. The highest BCUT2D eigenvalue weighted by Gasteiger charge is 2.24. The van der Waals surface area contributed by atoms with Crippen molar-refractivity contribution in [3.05, 3.63) is 94.5 Å². The van der Waals surface area contributed by atoms with Gasteiger partial charge in [0.25, 0.3) is 5.91 Å². The zero-order valence-corrected chi connectivity index (χ0v) is 18.9. The number of fused-ring (bicyclic) bond motifs is 1. The largest absolute Gasteiger partial charge is 0.368 e. The van der Waals surface area contributed by atoms with E-state index in [0.29, 0.717) is 23.7 Å². The lowest BCUT2D eigenvalue weighted by molar-refractivity contribution is 0.0748. The summed E-state index contributed by atoms with van der Waals surface area (Å²) in [7, 11) is 0. The molecule has 2 heterocycles. The summed E-state index contributed by atoms with van der Waals surface area (Å²) in [6.45, 7) is 2.88. The van der Waals surface area contributed by atoms with E-state index in [1.807, 2.05) is 83.8 Å². The van der Waals surface area contributed by atoms with Gasteiger partial charge in [-0.2, -0.15) is 0 Å². The molecule has 1 saturated heterocycles. The molecule has 0 N–H and O–H groups in total. The number of anilines is 1. The number of hydrogen-bond donors (Lipinski definition) is 0. The number of rotatable bonds is 3. The van der Waals surface area contributed by atoms with Gasteiger partial charge in [0, 0.05) is 52.9 Å². The maximum atomic E-state index is 13.6. The van der Waals surface area contributed by atoms with Crippen LogP contribution in [0.15, 0.2) is 78.9 Å². The van der Waals surface area contributed by atoms with Crippen LogP contribution >= 0.6 is 23.2 Å². The summed E-state index contributed by atoms with van der Waals surface area (Å²) < 4.78 is 0. The number of aromatic nitrogens is 1. The lowest BCUT2D eigenvalue weighted by Gasteiger charge is -2.36. The van der Waals surface area contributed by atoms with Crippen molar-refractivity contribution in [2.24, 2.45) is 0 Å². The fraction of sp³-hybridized carbons (Fsp3) is 0.154. The minimum atomic E-state index is 0.0366. The van der Waals surface area contributed by atoms with Crippen molar-refractivity contribution >= 4 is 45.7 Å². The Morgan fingerprint density at radius 3 is 2.09 bits per heavy atom. The highest BCUT2D eigenvalue weighted by molar-refractivity contribution is 6.30. The van der Waals surface area contributed by atoms with E-state index >= 15 is 0 Å². The molecule has 0 radical (unpaired) electrons. The molecule has 1 aliphatic rings. The molecule has 32 heavy (non-hydrogen) atoms. The molecule has 1 amide bonds. The Labute approximate surface area is 197 Å². The average molecular weight is 462 g/mol. The Balaban J connectivity index is 1.43. The minimum Gasteiger partial charge on any atom is -0.368 e. The van der Waals surface area contributed by atoms with Gasteiger partial charge in [-0.1, -0.05) is 53.5 Å². The first-order chi connectivity index (χ1) is 15.6. The maximum Gasteiger partial charge on any atom is 0.254 e. The van der Waals surface area contributed by atoms with Gasteiger partial charge >= 0.3 is 0 Å². The molecule has 0 spiro atoms. The number of amides is 1. The quantitative estimate of drug-likeness (QED) is 0.365. The van der Waals surface area contributed by atoms with Crippen LogP contribution in [0.1, 0.15) is 10.4 Å². The van der Waals surface area contributed by atoms with Crippen molar-refractivity contribution in [2.45, 2.75) is 0 Å². The third-order valence-electron chi connectivity index (χ3n) is 5.85. The number of halogens is 2. The van der Waals surface area contributed by atoms with E-state index in [1.165, 1.54) is 0 Å². The average Bonchev–Trinajstić information content (AvgIpc) is 2.84. The van der Waals surface area contributed by atoms with Crippen LogP contribution in [-0.2, 0) is 0 Å². The normalized spacial score (nSPS) is 14.1. The number of para-hydroxylation sites is 1. The monoisotopic (exact) mass is 461 g/mol. The molecule has 4 nitrogen and oxygen atoms in total. The van der Waals surface area contributed by atoms with Gasteiger partial charge in [-0.15, -0.1) is 0 Å². The molecule has 0 aliphatic carbocycles. The molecule has 4 aromatic rings. The highest BCUT2D eigenvalue weighted by atomic mass is 35.5. The second-order valence-corrected chi connectivity index (χ2v) is 8.71. The van der Waals surface area contributed by atoms with E-state index in [-0.39, 0.29) is 5.91 Å². The summed E-state index contributed by atoms with van der Waals surface area (Å²) in [5.74, 6) is 0.0366. The Hall–Kier alpha value is -3.08. The van der Waals surface area contributed by atoms with Crippen molar-refractivity contribution in [3.63, 3.8) is 0 Å². The molecule has 0 atom stereocenters. The summed E-state index contributed by atoms with van der Waals surface area (Å²) in [5.41, 5.74) is 4.31. The van der Waals surface area contributed by atoms with Crippen LogP contribution in [-0.4, -0.2) is 42.0 Å². The second-order valence-electron chi connectivity index (χ2n) is 7.83. The zero-order valence-electron chi connectivity index (χ0n) is 17.3. The fourth-order valence-electron chi connectivity index (χ4n) is 4.11. The van der Waals surface area contributed by atoms with Gasteiger partial charge in [-0.25, -0.2) is 4.98 Å². The van der Waals surface area contributed by atoms with E-state index in [2.05, 4.69) is 4.90 Å². The molecule has 0 bridgehead atoms. The van der Waals surface area contributed by atoms with Gasteiger partial charge in [0.2, 0.25) is 0 Å². The predicted octanol–water partition coefficient (Wildman–Crippen LogP) is 6.17. The van der Waals surface area contributed by atoms with Gasteiger partial charge in [0.15, 0.2) is 0 Å². The van der Waals surface area contributed by atoms with Crippen molar-refractivity contribution in [1.29, 1.82) is 0 Å². The van der Waals surface area contributed by atoms with E-state index in [1.54, 1.807) is 0 Å². The van der Waals surface area contributed by atoms with Gasteiger partial charge in [-0.05, 0) is 48.5 Å². The van der Waals surface area contributed by atoms with Crippen molar-refractivity contribution in [2.75, 3.05) is 31.1 Å². The zero-order chi connectivity index (χ0) is 22.1. The summed E-state index contributed by atoms with van der Waals surface area (Å²) in [5, 5.41) is 2.27. The number of carbonyl (C=O) groups excluding carboxylic acids is 1. The third kappa shape index (κ3) is 4.16. The minimum absolute atomic E-state index is 0.0366. The number of hydrogen-bond acceptors (Lipinski definition) is 3. The van der Waals surface area contributed by atoms with Crippen LogP contribution in [0.2, 0.25) is 10.0 Å². The molecular weight excluding hydrogens is 441 g/mol. The summed E-state index contributed by atoms with van der Waals surface area (Å²) in [6.07, 6.45) is 0. The summed E-state index contributed by atoms with van der Waals surface area (Å²) >= 11 is 12.1. The number of piperazine rings is 1. The smallest absolute Gasteiger partial charge is 0.254 e. The highest BCUT2D eigenvalue weighted by Crippen LogP contribution is 2.27. The molecule has 0 saturated carbocycles. The van der Waals surface area contributed by atoms with Crippen LogP contribution in [0.4, 0.5) is 5.69 Å². The third-order valence-corrected chi connectivity index (χ3v) is 6.35. The molecule has 5 rings (SSSR count). The number of benzene rings is 3. The second kappa shape index (κ2) is 8.81. The lowest BCUT2D eigenvalue weighted by Crippen LogP contribution is -2.48. The topological polar surface area (TPSA) is 36.4 Å². The van der Waals surface area contributed by atoms with Crippen LogP contribution in [0.25, 0.3) is 22.2 Å². The van der Waals surface area contributed by atoms with E-state index in [9.17, 15) is 4.79 Å². The van der Waals surface area contributed by atoms with Gasteiger partial charge in [-0.3, -0.25) is 4.79 Å². The summed E-state index contributed by atoms with van der Waals surface area (Å²) in [6, 6.07) is 25.1. The van der Waals surface area contributed by atoms with Crippen molar-refractivity contribution < 1.29 is 4.79 Å². The molecule has 1 fully saturated rings. The number of pyridine rings is 1. The molecule has 1 aliphatic heterocycles. The van der Waals surface area contributed by atoms with Crippen LogP contribution < -0.4 is 4.90 Å². The van der Waals surface area contributed by atoms with Crippen LogP contribution in [0.5, 0.6) is 0 Å². The molecular formula is C26H21Cl2N3O. The molecule has 1 aromatic heterocycles. The molecule has 160 valence electrons. The van der Waals surface area contributed by atoms with E-state index in [4.69, 9.17) is 28.2 Å². The lowest BCUT2D eigenvalue weighted by atomic mass is 10.0.